The highest BCUT2D eigenvalue weighted by molar-refractivity contribution is 6.04. The predicted molar refractivity (Wildman–Crippen MR) is 44.5 cm³/mol. The minimum Gasteiger partial charge on any atom is -0.481 e. The molecule has 0 aromatic carbocycles. The lowest BCUT2D eigenvalue weighted by Gasteiger charge is -1.96. The van der Waals surface area contributed by atoms with Crippen LogP contribution in [0.25, 0.3) is 0 Å². The first-order chi connectivity index (χ1) is 6.00. The van der Waals surface area contributed by atoms with Crippen LogP contribution in [0, 0.1) is 6.92 Å². The highest BCUT2D eigenvalue weighted by Gasteiger charge is 2.14. The number of hydrogen-bond acceptors (Lipinski definition) is 3. The first-order valence-corrected chi connectivity index (χ1v) is 3.76. The van der Waals surface area contributed by atoms with Crippen LogP contribution >= 0.6 is 0 Å². The molecule has 0 amide bonds. The normalized spacial score (nSPS) is 10.0. The van der Waals surface area contributed by atoms with Crippen LogP contribution < -0.4 is 0 Å². The lowest BCUT2D eigenvalue weighted by atomic mass is 10.2. The van der Waals surface area contributed by atoms with Crippen molar-refractivity contribution in [3.05, 3.63) is 17.5 Å². The fourth-order valence-corrected chi connectivity index (χ4v) is 1.10. The van der Waals surface area contributed by atoms with Gasteiger partial charge < -0.3 is 5.11 Å². The van der Waals surface area contributed by atoms with Crippen molar-refractivity contribution in [1.82, 2.24) is 9.78 Å². The maximum absolute atomic E-state index is 11.2. The molecule has 0 radical (unpaired) electrons. The standard InChI is InChI=1S/C8H10N2O3/c1-5-3-6(10(2)9-5)7(11)4-8(12)13/h3H,4H2,1-2H3,(H,12,13). The second-order valence-electron chi connectivity index (χ2n) is 2.79. The smallest absolute Gasteiger partial charge is 0.311 e. The molecule has 0 aliphatic heterocycles. The number of aryl methyl sites for hydroxylation is 2. The molecular weight excluding hydrogens is 172 g/mol. The molecule has 13 heavy (non-hydrogen) atoms. The van der Waals surface area contributed by atoms with Gasteiger partial charge in [0.25, 0.3) is 0 Å². The number of nitrogens with zero attached hydrogens (tertiary/aromatic N) is 2. The van der Waals surface area contributed by atoms with Gasteiger partial charge in [0.2, 0.25) is 0 Å². The fraction of sp³-hybridized carbons (Fsp3) is 0.375. The number of rotatable bonds is 3. The van der Waals surface area contributed by atoms with Crippen LogP contribution in [-0.4, -0.2) is 26.6 Å². The number of carbonyl (C=O) groups is 2. The SMILES string of the molecule is Cc1cc(C(=O)CC(=O)O)n(C)n1. The molecule has 1 heterocycles. The molecule has 0 aliphatic carbocycles. The topological polar surface area (TPSA) is 72.2 Å². The van der Waals surface area contributed by atoms with Crippen LogP contribution in [0.5, 0.6) is 0 Å². The van der Waals surface area contributed by atoms with Crippen LogP contribution in [-0.2, 0) is 11.8 Å². The van der Waals surface area contributed by atoms with Crippen molar-refractivity contribution in [2.45, 2.75) is 13.3 Å². The molecule has 0 spiro atoms. The Bertz CT molecular complexity index is 354. The minimum atomic E-state index is -1.12. The van der Waals surface area contributed by atoms with Crippen molar-refractivity contribution < 1.29 is 14.7 Å². The molecule has 1 N–H and O–H groups in total. The zero-order valence-corrected chi connectivity index (χ0v) is 7.44. The third-order valence-corrected chi connectivity index (χ3v) is 1.60. The molecule has 1 rings (SSSR count). The van der Waals surface area contributed by atoms with Crippen LogP contribution in [0.4, 0.5) is 0 Å². The summed E-state index contributed by atoms with van der Waals surface area (Å²) in [6.45, 7) is 1.75. The van der Waals surface area contributed by atoms with Crippen LogP contribution in [0.15, 0.2) is 6.07 Å². The second-order valence-corrected chi connectivity index (χ2v) is 2.79. The Morgan fingerprint density at radius 2 is 2.23 bits per heavy atom. The van der Waals surface area contributed by atoms with E-state index in [0.717, 1.165) is 0 Å². The summed E-state index contributed by atoms with van der Waals surface area (Å²) < 4.78 is 1.39. The summed E-state index contributed by atoms with van der Waals surface area (Å²) >= 11 is 0. The first-order valence-electron chi connectivity index (χ1n) is 3.76. The van der Waals surface area contributed by atoms with Crippen molar-refractivity contribution in [3.63, 3.8) is 0 Å². The molecule has 1 aromatic heterocycles. The highest BCUT2D eigenvalue weighted by atomic mass is 16.4. The van der Waals surface area contributed by atoms with E-state index in [2.05, 4.69) is 5.10 Å². The number of carboxylic acids is 1. The van der Waals surface area contributed by atoms with Crippen molar-refractivity contribution in [2.24, 2.45) is 7.05 Å². The maximum atomic E-state index is 11.2. The third-order valence-electron chi connectivity index (χ3n) is 1.60. The summed E-state index contributed by atoms with van der Waals surface area (Å²) in [4.78, 5) is 21.5. The van der Waals surface area contributed by atoms with Gasteiger partial charge in [-0.3, -0.25) is 14.3 Å². The zero-order chi connectivity index (χ0) is 10.0. The monoisotopic (exact) mass is 182 g/mol. The van der Waals surface area contributed by atoms with E-state index in [9.17, 15) is 9.59 Å². The van der Waals surface area contributed by atoms with Gasteiger partial charge >= 0.3 is 5.97 Å². The molecule has 0 fully saturated rings. The number of carbonyl (C=O) groups excluding carboxylic acids is 1. The first kappa shape index (κ1) is 9.44. The molecule has 0 atom stereocenters. The van der Waals surface area contributed by atoms with E-state index in [1.165, 1.54) is 4.68 Å². The number of ketones is 1. The Morgan fingerprint density at radius 1 is 1.62 bits per heavy atom. The summed E-state index contributed by atoms with van der Waals surface area (Å²) in [5, 5.41) is 12.3. The molecule has 70 valence electrons. The molecule has 0 saturated carbocycles. The molecule has 1 aromatic rings. The van der Waals surface area contributed by atoms with Gasteiger partial charge in [-0.2, -0.15) is 5.10 Å². The van der Waals surface area contributed by atoms with Crippen molar-refractivity contribution in [1.29, 1.82) is 0 Å². The molecule has 5 heteroatoms. The Kier molecular flexibility index (Phi) is 2.46. The van der Waals surface area contributed by atoms with E-state index in [-0.39, 0.29) is 0 Å². The van der Waals surface area contributed by atoms with Gasteiger partial charge in [-0.05, 0) is 13.0 Å². The Hall–Kier alpha value is -1.65. The van der Waals surface area contributed by atoms with Gasteiger partial charge in [-0.15, -0.1) is 0 Å². The van der Waals surface area contributed by atoms with Gasteiger partial charge in [0.05, 0.1) is 5.69 Å². The number of aliphatic carboxylic acids is 1. The van der Waals surface area contributed by atoms with Crippen molar-refractivity contribution in [2.75, 3.05) is 0 Å². The summed E-state index contributed by atoms with van der Waals surface area (Å²) in [6, 6.07) is 1.57. The summed E-state index contributed by atoms with van der Waals surface area (Å²) in [6.07, 6.45) is -0.487. The van der Waals surface area contributed by atoms with E-state index < -0.39 is 18.2 Å². The molecule has 0 bridgehead atoms. The second kappa shape index (κ2) is 3.38. The Balaban J connectivity index is 2.88. The van der Waals surface area contributed by atoms with Crippen LogP contribution in [0.1, 0.15) is 22.6 Å². The Labute approximate surface area is 75.0 Å². The van der Waals surface area contributed by atoms with Crippen LogP contribution in [0.2, 0.25) is 0 Å². The van der Waals surface area contributed by atoms with E-state index in [0.29, 0.717) is 11.4 Å². The zero-order valence-electron chi connectivity index (χ0n) is 7.44. The lowest BCUT2D eigenvalue weighted by molar-refractivity contribution is -0.135. The van der Waals surface area contributed by atoms with E-state index in [1.807, 2.05) is 0 Å². The number of Topliss-reactive ketones (excluding diaryl/α,β-unsaturated/α-hetero) is 1. The molecular formula is C8H10N2O3. The number of carboxylic acid groups (broad SMARTS) is 1. The van der Waals surface area contributed by atoms with E-state index in [4.69, 9.17) is 5.11 Å². The number of aromatic nitrogens is 2. The quantitative estimate of drug-likeness (QED) is 0.542. The summed E-state index contributed by atoms with van der Waals surface area (Å²) in [5.74, 6) is -1.54. The van der Waals surface area contributed by atoms with Crippen molar-refractivity contribution >= 4 is 11.8 Å². The minimum absolute atomic E-state index is 0.333. The predicted octanol–water partition coefficient (Wildman–Crippen LogP) is 0.386. The number of hydrogen-bond donors (Lipinski definition) is 1. The third kappa shape index (κ3) is 2.14. The molecule has 0 aliphatic rings. The van der Waals surface area contributed by atoms with E-state index >= 15 is 0 Å². The average Bonchev–Trinajstić information content (AvgIpc) is 2.28. The Morgan fingerprint density at radius 3 is 2.62 bits per heavy atom. The molecule has 5 nitrogen and oxygen atoms in total. The highest BCUT2D eigenvalue weighted by Crippen LogP contribution is 2.04. The fourth-order valence-electron chi connectivity index (χ4n) is 1.10. The van der Waals surface area contributed by atoms with Gasteiger partial charge in [0.1, 0.15) is 12.1 Å². The van der Waals surface area contributed by atoms with Gasteiger partial charge in [-0.25, -0.2) is 0 Å². The summed E-state index contributed by atoms with van der Waals surface area (Å²) in [5.41, 5.74) is 1.04. The molecule has 0 unspecified atom stereocenters. The van der Waals surface area contributed by atoms with Gasteiger partial charge in [-0.1, -0.05) is 0 Å². The van der Waals surface area contributed by atoms with Crippen LogP contribution in [0.3, 0.4) is 0 Å². The lowest BCUT2D eigenvalue weighted by Crippen LogP contribution is -2.11. The van der Waals surface area contributed by atoms with E-state index in [1.54, 1.807) is 20.0 Å². The molecule has 0 saturated heterocycles. The van der Waals surface area contributed by atoms with Gasteiger partial charge in [0.15, 0.2) is 5.78 Å². The summed E-state index contributed by atoms with van der Waals surface area (Å²) in [7, 11) is 1.61. The van der Waals surface area contributed by atoms with Gasteiger partial charge in [0, 0.05) is 7.05 Å². The average molecular weight is 182 g/mol. The maximum Gasteiger partial charge on any atom is 0.311 e. The van der Waals surface area contributed by atoms with Crippen molar-refractivity contribution in [3.8, 4) is 0 Å². The largest absolute Gasteiger partial charge is 0.481 e.